The maximum atomic E-state index is 12.5. The molecule has 3 N–H and O–H groups in total. The van der Waals surface area contributed by atoms with Gasteiger partial charge >= 0.3 is 0 Å². The molecule has 0 unspecified atom stereocenters. The van der Waals surface area contributed by atoms with Crippen LogP contribution in [-0.4, -0.2) is 17.6 Å². The monoisotopic (exact) mass is 287 g/mol. The number of rotatable bonds is 4. The predicted molar refractivity (Wildman–Crippen MR) is 84.9 cm³/mol. The van der Waals surface area contributed by atoms with Crippen LogP contribution in [0.5, 0.6) is 5.75 Å². The lowest BCUT2D eigenvalue weighted by Crippen LogP contribution is -2.18. The summed E-state index contributed by atoms with van der Waals surface area (Å²) in [6, 6.07) is 7.48. The van der Waals surface area contributed by atoms with Gasteiger partial charge in [-0.25, -0.2) is 0 Å². The van der Waals surface area contributed by atoms with Crippen molar-refractivity contribution in [2.45, 2.75) is 26.8 Å². The van der Waals surface area contributed by atoms with E-state index in [0.29, 0.717) is 22.8 Å². The van der Waals surface area contributed by atoms with Gasteiger partial charge in [0, 0.05) is 12.2 Å². The Morgan fingerprint density at radius 2 is 2.05 bits per heavy atom. The van der Waals surface area contributed by atoms with Gasteiger partial charge in [-0.2, -0.15) is 0 Å². The van der Waals surface area contributed by atoms with E-state index in [0.717, 1.165) is 5.56 Å². The van der Waals surface area contributed by atoms with Crippen LogP contribution in [0.2, 0.25) is 0 Å². The fourth-order valence-corrected chi connectivity index (χ4v) is 2.22. The molecule has 2 rings (SSSR count). The third kappa shape index (κ3) is 3.18. The zero-order valence-electron chi connectivity index (χ0n) is 12.8. The normalized spacial score (nSPS) is 10.7. The summed E-state index contributed by atoms with van der Waals surface area (Å²) in [5.74, 6) is 0.425. The number of amides is 1. The highest BCUT2D eigenvalue weighted by Crippen LogP contribution is 2.26. The molecule has 0 spiro atoms. The maximum Gasteiger partial charge on any atom is 0.272 e. The van der Waals surface area contributed by atoms with Crippen LogP contribution in [0.1, 0.15) is 35.9 Å². The molecule has 0 bridgehead atoms. The summed E-state index contributed by atoms with van der Waals surface area (Å²) in [5, 5.41) is 2.89. The first-order chi connectivity index (χ1) is 9.92. The lowest BCUT2D eigenvalue weighted by Gasteiger charge is -2.14. The number of nitrogens with two attached hydrogens (primary N) is 1. The minimum absolute atomic E-state index is 0.155. The summed E-state index contributed by atoms with van der Waals surface area (Å²) in [4.78, 5) is 12.5. The van der Waals surface area contributed by atoms with Gasteiger partial charge in [0.05, 0.1) is 18.5 Å². The lowest BCUT2D eigenvalue weighted by atomic mass is 10.2. The first-order valence-electron chi connectivity index (χ1n) is 6.85. The Morgan fingerprint density at radius 3 is 2.67 bits per heavy atom. The van der Waals surface area contributed by atoms with Crippen molar-refractivity contribution in [3.8, 4) is 5.75 Å². The number of benzene rings is 1. The first-order valence-corrected chi connectivity index (χ1v) is 6.85. The standard InChI is InChI=1S/C16H21N3O2/c1-10(2)19-9-12(17)8-14(19)16(20)18-13-7-11(3)5-6-15(13)21-4/h5-10H,17H2,1-4H3,(H,18,20). The largest absolute Gasteiger partial charge is 0.495 e. The lowest BCUT2D eigenvalue weighted by molar-refractivity contribution is 0.101. The number of nitrogen functional groups attached to an aromatic ring is 1. The van der Waals surface area contributed by atoms with Crippen LogP contribution in [0.4, 0.5) is 11.4 Å². The number of carbonyl (C=O) groups is 1. The molecule has 0 fully saturated rings. The summed E-state index contributed by atoms with van der Waals surface area (Å²) >= 11 is 0. The van der Waals surface area contributed by atoms with Crippen molar-refractivity contribution in [3.05, 3.63) is 41.7 Å². The number of aryl methyl sites for hydroxylation is 1. The molecule has 0 aliphatic heterocycles. The van der Waals surface area contributed by atoms with Crippen molar-refractivity contribution in [1.29, 1.82) is 0 Å². The summed E-state index contributed by atoms with van der Waals surface area (Å²) in [7, 11) is 1.58. The number of ether oxygens (including phenoxy) is 1. The molecule has 1 aromatic heterocycles. The van der Waals surface area contributed by atoms with Crippen LogP contribution in [0.3, 0.4) is 0 Å². The van der Waals surface area contributed by atoms with Gasteiger partial charge in [-0.1, -0.05) is 6.07 Å². The molecular weight excluding hydrogens is 266 g/mol. The highest BCUT2D eigenvalue weighted by Gasteiger charge is 2.16. The Kier molecular flexibility index (Phi) is 4.21. The molecule has 0 aliphatic rings. The Morgan fingerprint density at radius 1 is 1.33 bits per heavy atom. The molecule has 0 radical (unpaired) electrons. The molecule has 5 heteroatoms. The third-order valence-corrected chi connectivity index (χ3v) is 3.26. The molecule has 2 aromatic rings. The van der Waals surface area contributed by atoms with Crippen LogP contribution < -0.4 is 15.8 Å². The topological polar surface area (TPSA) is 69.3 Å². The average molecular weight is 287 g/mol. The molecule has 1 heterocycles. The van der Waals surface area contributed by atoms with Crippen molar-refractivity contribution in [2.75, 3.05) is 18.2 Å². The zero-order chi connectivity index (χ0) is 15.6. The van der Waals surface area contributed by atoms with E-state index >= 15 is 0 Å². The van der Waals surface area contributed by atoms with E-state index in [2.05, 4.69) is 5.32 Å². The zero-order valence-corrected chi connectivity index (χ0v) is 12.8. The SMILES string of the molecule is COc1ccc(C)cc1NC(=O)c1cc(N)cn1C(C)C. The minimum Gasteiger partial charge on any atom is -0.495 e. The van der Waals surface area contributed by atoms with Gasteiger partial charge in [0.25, 0.3) is 5.91 Å². The molecule has 0 atom stereocenters. The number of nitrogens with zero attached hydrogens (tertiary/aromatic N) is 1. The fourth-order valence-electron chi connectivity index (χ4n) is 2.22. The second kappa shape index (κ2) is 5.91. The van der Waals surface area contributed by atoms with E-state index in [1.54, 1.807) is 19.4 Å². The Balaban J connectivity index is 2.32. The minimum atomic E-state index is -0.204. The Labute approximate surface area is 124 Å². The second-order valence-electron chi connectivity index (χ2n) is 5.32. The summed E-state index contributed by atoms with van der Waals surface area (Å²) < 4.78 is 7.13. The molecule has 21 heavy (non-hydrogen) atoms. The van der Waals surface area contributed by atoms with Gasteiger partial charge < -0.3 is 20.4 Å². The van der Waals surface area contributed by atoms with Gasteiger partial charge in [0.2, 0.25) is 0 Å². The van der Waals surface area contributed by atoms with Crippen molar-refractivity contribution < 1.29 is 9.53 Å². The summed E-state index contributed by atoms with van der Waals surface area (Å²) in [6.07, 6.45) is 1.77. The number of nitrogens with one attached hydrogen (secondary N) is 1. The first kappa shape index (κ1) is 15.0. The summed E-state index contributed by atoms with van der Waals surface area (Å²) in [5.41, 5.74) is 8.61. The van der Waals surface area contributed by atoms with Gasteiger partial charge in [0.15, 0.2) is 0 Å². The molecular formula is C16H21N3O2. The van der Waals surface area contributed by atoms with Crippen molar-refractivity contribution in [3.63, 3.8) is 0 Å². The highest BCUT2D eigenvalue weighted by atomic mass is 16.5. The van der Waals surface area contributed by atoms with Crippen LogP contribution in [0.15, 0.2) is 30.5 Å². The molecule has 5 nitrogen and oxygen atoms in total. The molecule has 112 valence electrons. The number of methoxy groups -OCH3 is 1. The number of carbonyl (C=O) groups excluding carboxylic acids is 1. The number of hydrogen-bond donors (Lipinski definition) is 2. The highest BCUT2D eigenvalue weighted by molar-refractivity contribution is 6.04. The number of hydrogen-bond acceptors (Lipinski definition) is 3. The van der Waals surface area contributed by atoms with Crippen molar-refractivity contribution in [1.82, 2.24) is 4.57 Å². The number of anilines is 2. The van der Waals surface area contributed by atoms with Gasteiger partial charge in [0.1, 0.15) is 11.4 Å². The Hall–Kier alpha value is -2.43. The van der Waals surface area contributed by atoms with Crippen molar-refractivity contribution in [2.24, 2.45) is 0 Å². The fraction of sp³-hybridized carbons (Fsp3) is 0.312. The van der Waals surface area contributed by atoms with E-state index < -0.39 is 0 Å². The van der Waals surface area contributed by atoms with Crippen LogP contribution in [0.25, 0.3) is 0 Å². The average Bonchev–Trinajstić information content (AvgIpc) is 2.81. The Bertz CT molecular complexity index is 660. The van der Waals surface area contributed by atoms with Crippen LogP contribution in [0, 0.1) is 6.92 Å². The molecule has 0 aliphatic carbocycles. The summed E-state index contributed by atoms with van der Waals surface area (Å²) in [6.45, 7) is 5.97. The van der Waals surface area contributed by atoms with E-state index in [1.165, 1.54) is 0 Å². The quantitative estimate of drug-likeness (QED) is 0.907. The number of aromatic nitrogens is 1. The van der Waals surface area contributed by atoms with Crippen LogP contribution in [-0.2, 0) is 0 Å². The van der Waals surface area contributed by atoms with E-state index in [4.69, 9.17) is 10.5 Å². The predicted octanol–water partition coefficient (Wildman–Crippen LogP) is 3.22. The van der Waals surface area contributed by atoms with E-state index in [1.807, 2.05) is 43.5 Å². The second-order valence-corrected chi connectivity index (χ2v) is 5.32. The van der Waals surface area contributed by atoms with Crippen molar-refractivity contribution >= 4 is 17.3 Å². The van der Waals surface area contributed by atoms with E-state index in [-0.39, 0.29) is 11.9 Å². The third-order valence-electron chi connectivity index (χ3n) is 3.26. The molecule has 1 amide bonds. The molecule has 1 aromatic carbocycles. The maximum absolute atomic E-state index is 12.5. The van der Waals surface area contributed by atoms with Gasteiger partial charge in [-0.15, -0.1) is 0 Å². The molecule has 0 saturated heterocycles. The molecule has 0 saturated carbocycles. The van der Waals surface area contributed by atoms with Gasteiger partial charge in [-0.05, 0) is 44.5 Å². The smallest absolute Gasteiger partial charge is 0.272 e. The van der Waals surface area contributed by atoms with Crippen LogP contribution >= 0.6 is 0 Å². The van der Waals surface area contributed by atoms with E-state index in [9.17, 15) is 4.79 Å². The van der Waals surface area contributed by atoms with Gasteiger partial charge in [-0.3, -0.25) is 4.79 Å².